The minimum atomic E-state index is -0.263. The Bertz CT molecular complexity index is 1130. The lowest BCUT2D eigenvalue weighted by molar-refractivity contribution is 0.101. The van der Waals surface area contributed by atoms with E-state index < -0.39 is 0 Å². The van der Waals surface area contributed by atoms with Gasteiger partial charge in [-0.25, -0.2) is 0 Å². The van der Waals surface area contributed by atoms with Crippen molar-refractivity contribution >= 4 is 23.2 Å². The van der Waals surface area contributed by atoms with E-state index in [0.29, 0.717) is 40.8 Å². The maximum Gasteiger partial charge on any atom is 0.259 e. The number of amides is 2. The molecule has 178 valence electrons. The van der Waals surface area contributed by atoms with Gasteiger partial charge in [-0.1, -0.05) is 65.0 Å². The molecule has 0 aliphatic carbocycles. The monoisotopic (exact) mass is 458 g/mol. The fraction of sp³-hybridized carbons (Fsp3) is 0.310. The van der Waals surface area contributed by atoms with Gasteiger partial charge in [0.05, 0.1) is 12.2 Å². The molecule has 0 aromatic heterocycles. The van der Waals surface area contributed by atoms with E-state index >= 15 is 0 Å². The predicted molar refractivity (Wildman–Crippen MR) is 139 cm³/mol. The Balaban J connectivity index is 1.67. The van der Waals surface area contributed by atoms with Crippen molar-refractivity contribution in [3.05, 3.63) is 89.5 Å². The van der Waals surface area contributed by atoms with Gasteiger partial charge in [0, 0.05) is 16.9 Å². The molecule has 3 aromatic rings. The molecule has 5 nitrogen and oxygen atoms in total. The van der Waals surface area contributed by atoms with E-state index in [1.165, 1.54) is 5.56 Å². The van der Waals surface area contributed by atoms with Crippen LogP contribution in [0.15, 0.2) is 72.8 Å². The first-order chi connectivity index (χ1) is 16.1. The average Bonchev–Trinajstić information content (AvgIpc) is 2.79. The van der Waals surface area contributed by atoms with Crippen LogP contribution >= 0.6 is 0 Å². The molecule has 0 unspecified atom stereocenters. The van der Waals surface area contributed by atoms with Crippen LogP contribution in [0.4, 0.5) is 11.4 Å². The fourth-order valence-electron chi connectivity index (χ4n) is 3.38. The number of hydrogen-bond donors (Lipinski definition) is 2. The van der Waals surface area contributed by atoms with E-state index in [1.54, 1.807) is 36.4 Å². The summed E-state index contributed by atoms with van der Waals surface area (Å²) in [6.07, 6.45) is 0.913. The summed E-state index contributed by atoms with van der Waals surface area (Å²) in [5, 5.41) is 5.81. The van der Waals surface area contributed by atoms with Crippen molar-refractivity contribution in [3.8, 4) is 5.75 Å². The second kappa shape index (κ2) is 11.0. The lowest BCUT2D eigenvalue weighted by Gasteiger charge is -2.19. The Morgan fingerprint density at radius 3 is 2.06 bits per heavy atom. The van der Waals surface area contributed by atoms with Crippen LogP contribution in [-0.4, -0.2) is 18.4 Å². The molecule has 34 heavy (non-hydrogen) atoms. The van der Waals surface area contributed by atoms with Crippen LogP contribution in [0.2, 0.25) is 0 Å². The molecule has 3 rings (SSSR count). The number of carbonyl (C=O) groups is 2. The van der Waals surface area contributed by atoms with Gasteiger partial charge in [-0.3, -0.25) is 9.59 Å². The highest BCUT2D eigenvalue weighted by Crippen LogP contribution is 2.24. The van der Waals surface area contributed by atoms with Crippen molar-refractivity contribution in [1.29, 1.82) is 0 Å². The van der Waals surface area contributed by atoms with Crippen LogP contribution in [0.1, 0.15) is 67.3 Å². The molecular formula is C29H34N2O3. The summed E-state index contributed by atoms with van der Waals surface area (Å²) in [7, 11) is 0. The van der Waals surface area contributed by atoms with Gasteiger partial charge in [-0.2, -0.15) is 0 Å². The zero-order valence-corrected chi connectivity index (χ0v) is 20.6. The van der Waals surface area contributed by atoms with Gasteiger partial charge in [0.15, 0.2) is 0 Å². The van der Waals surface area contributed by atoms with Gasteiger partial charge in [-0.15, -0.1) is 0 Å². The number of benzene rings is 3. The first-order valence-corrected chi connectivity index (χ1v) is 11.7. The van der Waals surface area contributed by atoms with Crippen molar-refractivity contribution in [2.45, 2.75) is 46.5 Å². The SMILES string of the molecule is CC(C)CCOc1ccccc1C(=O)Nc1cccc(NC(=O)c2ccc(C(C)(C)C)cc2)c1. The van der Waals surface area contributed by atoms with Crippen molar-refractivity contribution in [2.24, 2.45) is 5.92 Å². The molecular weight excluding hydrogens is 424 g/mol. The summed E-state index contributed by atoms with van der Waals surface area (Å²) in [6.45, 7) is 11.2. The van der Waals surface area contributed by atoms with Crippen molar-refractivity contribution in [2.75, 3.05) is 17.2 Å². The highest BCUT2D eigenvalue weighted by molar-refractivity contribution is 6.07. The van der Waals surface area contributed by atoms with Crippen molar-refractivity contribution in [1.82, 2.24) is 0 Å². The Labute approximate surface area is 202 Å². The van der Waals surface area contributed by atoms with Gasteiger partial charge >= 0.3 is 0 Å². The average molecular weight is 459 g/mol. The van der Waals surface area contributed by atoms with Crippen LogP contribution < -0.4 is 15.4 Å². The maximum absolute atomic E-state index is 12.9. The molecule has 0 saturated heterocycles. The standard InChI is InChI=1S/C29H34N2O3/c1-20(2)17-18-34-26-12-7-6-11-25(26)28(33)31-24-10-8-9-23(19-24)30-27(32)21-13-15-22(16-14-21)29(3,4)5/h6-16,19-20H,17-18H2,1-5H3,(H,30,32)(H,31,33). The quantitative estimate of drug-likeness (QED) is 0.385. The fourth-order valence-corrected chi connectivity index (χ4v) is 3.38. The number of anilines is 2. The summed E-state index contributed by atoms with van der Waals surface area (Å²) in [6, 6.07) is 21.9. The van der Waals surface area contributed by atoms with Crippen LogP contribution in [-0.2, 0) is 5.41 Å². The van der Waals surface area contributed by atoms with Crippen LogP contribution in [0.25, 0.3) is 0 Å². The molecule has 0 aliphatic rings. The highest BCUT2D eigenvalue weighted by atomic mass is 16.5. The number of nitrogens with one attached hydrogen (secondary N) is 2. The van der Waals surface area contributed by atoms with E-state index in [2.05, 4.69) is 45.3 Å². The molecule has 0 fully saturated rings. The molecule has 5 heteroatoms. The summed E-state index contributed by atoms with van der Waals surface area (Å²) in [5.74, 6) is 0.619. The molecule has 3 aromatic carbocycles. The Morgan fingerprint density at radius 2 is 1.44 bits per heavy atom. The minimum absolute atomic E-state index is 0.0274. The van der Waals surface area contributed by atoms with E-state index in [9.17, 15) is 9.59 Å². The number of carbonyl (C=O) groups excluding carboxylic acids is 2. The second-order valence-corrected chi connectivity index (χ2v) is 9.84. The summed E-state index contributed by atoms with van der Waals surface area (Å²) < 4.78 is 5.84. The van der Waals surface area contributed by atoms with Crippen LogP contribution in [0, 0.1) is 5.92 Å². The summed E-state index contributed by atoms with van der Waals surface area (Å²) in [4.78, 5) is 25.6. The molecule has 2 N–H and O–H groups in total. The van der Waals surface area contributed by atoms with Crippen LogP contribution in [0.5, 0.6) is 5.75 Å². The largest absolute Gasteiger partial charge is 0.493 e. The molecule has 0 saturated carbocycles. The number of ether oxygens (including phenoxy) is 1. The zero-order valence-electron chi connectivity index (χ0n) is 20.6. The second-order valence-electron chi connectivity index (χ2n) is 9.84. The van der Waals surface area contributed by atoms with Gasteiger partial charge in [0.2, 0.25) is 0 Å². The van der Waals surface area contributed by atoms with Crippen molar-refractivity contribution < 1.29 is 14.3 Å². The topological polar surface area (TPSA) is 67.4 Å². The zero-order chi connectivity index (χ0) is 24.7. The Kier molecular flexibility index (Phi) is 8.11. The van der Waals surface area contributed by atoms with Gasteiger partial charge in [0.1, 0.15) is 5.75 Å². The third-order valence-corrected chi connectivity index (χ3v) is 5.48. The number of para-hydroxylation sites is 1. The maximum atomic E-state index is 12.9. The van der Waals surface area contributed by atoms with Gasteiger partial charge in [-0.05, 0) is 65.8 Å². The van der Waals surface area contributed by atoms with Gasteiger partial charge in [0.25, 0.3) is 11.8 Å². The van der Waals surface area contributed by atoms with Crippen LogP contribution in [0.3, 0.4) is 0 Å². The van der Waals surface area contributed by atoms with Crippen molar-refractivity contribution in [3.63, 3.8) is 0 Å². The first-order valence-electron chi connectivity index (χ1n) is 11.7. The van der Waals surface area contributed by atoms with E-state index in [4.69, 9.17) is 4.74 Å². The summed E-state index contributed by atoms with van der Waals surface area (Å²) >= 11 is 0. The Hall–Kier alpha value is -3.60. The molecule has 0 heterocycles. The van der Waals surface area contributed by atoms with Gasteiger partial charge < -0.3 is 15.4 Å². The molecule has 0 radical (unpaired) electrons. The predicted octanol–water partition coefficient (Wildman–Crippen LogP) is 6.91. The Morgan fingerprint density at radius 1 is 0.824 bits per heavy atom. The minimum Gasteiger partial charge on any atom is -0.493 e. The third-order valence-electron chi connectivity index (χ3n) is 5.48. The first kappa shape index (κ1) is 25.0. The van der Waals surface area contributed by atoms with E-state index in [1.807, 2.05) is 36.4 Å². The smallest absolute Gasteiger partial charge is 0.259 e. The third kappa shape index (κ3) is 6.95. The van der Waals surface area contributed by atoms with E-state index in [-0.39, 0.29) is 17.2 Å². The lowest BCUT2D eigenvalue weighted by Crippen LogP contribution is -2.16. The molecule has 0 bridgehead atoms. The molecule has 2 amide bonds. The van der Waals surface area contributed by atoms with E-state index in [0.717, 1.165) is 6.42 Å². The summed E-state index contributed by atoms with van der Waals surface area (Å²) in [5.41, 5.74) is 3.43. The molecule has 0 spiro atoms. The number of rotatable bonds is 8. The number of hydrogen-bond acceptors (Lipinski definition) is 3. The molecule has 0 atom stereocenters. The normalized spacial score (nSPS) is 11.2. The molecule has 0 aliphatic heterocycles. The highest BCUT2D eigenvalue weighted by Gasteiger charge is 2.15. The lowest BCUT2D eigenvalue weighted by atomic mass is 9.87.